The Morgan fingerprint density at radius 1 is 1.33 bits per heavy atom. The molecule has 0 aromatic carbocycles. The highest BCUT2D eigenvalue weighted by Crippen LogP contribution is 2.17. The quantitative estimate of drug-likeness (QED) is 0.414. The Balaban J connectivity index is 2.30. The maximum atomic E-state index is 12.5. The molecule has 0 saturated heterocycles. The molecule has 2 aromatic heterocycles. The van der Waals surface area contributed by atoms with Crippen LogP contribution in [0.5, 0.6) is 0 Å². The van der Waals surface area contributed by atoms with Gasteiger partial charge in [0, 0.05) is 19.8 Å². The Labute approximate surface area is 159 Å². The lowest BCUT2D eigenvalue weighted by atomic mass is 10.2. The minimum Gasteiger partial charge on any atom is -0.454 e. The smallest absolute Gasteiger partial charge is 0.341 e. The molecule has 2 heterocycles. The van der Waals surface area contributed by atoms with Gasteiger partial charge in [-0.1, -0.05) is 6.92 Å². The second-order valence-corrected chi connectivity index (χ2v) is 6.41. The third-order valence-electron chi connectivity index (χ3n) is 3.83. The fourth-order valence-electron chi connectivity index (χ4n) is 2.47. The standard InChI is InChI=1S/C17H20N4O5S/c1-4-8-21-13(18)12(15(23)20(2)17(21)25)11(22)9-26-16(24)10-6-5-7-19-14(10)27-3/h5-7H,4,8-9,18H2,1-3H3. The molecule has 0 spiro atoms. The van der Waals surface area contributed by atoms with Crippen molar-refractivity contribution in [2.75, 3.05) is 18.6 Å². The number of thioether (sulfide) groups is 1. The number of nitrogens with two attached hydrogens (primary N) is 1. The Bertz CT molecular complexity index is 996. The molecule has 9 nitrogen and oxygen atoms in total. The summed E-state index contributed by atoms with van der Waals surface area (Å²) in [5.74, 6) is -1.74. The second kappa shape index (κ2) is 8.67. The first-order valence-electron chi connectivity index (χ1n) is 8.12. The summed E-state index contributed by atoms with van der Waals surface area (Å²) in [7, 11) is 1.26. The van der Waals surface area contributed by atoms with E-state index in [9.17, 15) is 19.2 Å². The number of carbonyl (C=O) groups is 2. The van der Waals surface area contributed by atoms with Gasteiger partial charge in [-0.3, -0.25) is 18.7 Å². The predicted octanol–water partition coefficient (Wildman–Crippen LogP) is 0.696. The maximum absolute atomic E-state index is 12.5. The molecular formula is C17H20N4O5S. The minimum atomic E-state index is -0.822. The Morgan fingerprint density at radius 2 is 2.04 bits per heavy atom. The first-order chi connectivity index (χ1) is 12.8. The van der Waals surface area contributed by atoms with Crippen molar-refractivity contribution < 1.29 is 14.3 Å². The summed E-state index contributed by atoms with van der Waals surface area (Å²) in [4.78, 5) is 53.2. The van der Waals surface area contributed by atoms with Crippen LogP contribution in [0.1, 0.15) is 34.1 Å². The molecule has 0 saturated carbocycles. The molecule has 0 aliphatic heterocycles. The molecule has 0 bridgehead atoms. The SMILES string of the molecule is CCCn1c(N)c(C(=O)COC(=O)c2cccnc2SC)c(=O)n(C)c1=O. The number of ether oxygens (including phenoxy) is 1. The number of carbonyl (C=O) groups excluding carboxylic acids is 2. The zero-order valence-corrected chi connectivity index (χ0v) is 16.0. The molecule has 0 unspecified atom stereocenters. The minimum absolute atomic E-state index is 0.217. The van der Waals surface area contributed by atoms with Crippen LogP contribution in [0.25, 0.3) is 0 Å². The monoisotopic (exact) mass is 392 g/mol. The average molecular weight is 392 g/mol. The molecule has 2 rings (SSSR count). The van der Waals surface area contributed by atoms with E-state index in [1.165, 1.54) is 31.1 Å². The summed E-state index contributed by atoms with van der Waals surface area (Å²) in [6, 6.07) is 3.10. The Morgan fingerprint density at radius 3 is 2.67 bits per heavy atom. The van der Waals surface area contributed by atoms with Crippen LogP contribution in [-0.4, -0.2) is 38.7 Å². The van der Waals surface area contributed by atoms with Gasteiger partial charge in [-0.25, -0.2) is 14.6 Å². The summed E-state index contributed by atoms with van der Waals surface area (Å²) in [5.41, 5.74) is 4.30. The van der Waals surface area contributed by atoms with E-state index in [2.05, 4.69) is 4.98 Å². The topological polar surface area (TPSA) is 126 Å². The third-order valence-corrected chi connectivity index (χ3v) is 4.54. The van der Waals surface area contributed by atoms with Gasteiger partial charge in [-0.15, -0.1) is 11.8 Å². The van der Waals surface area contributed by atoms with E-state index in [1.807, 2.05) is 6.92 Å². The predicted molar refractivity (Wildman–Crippen MR) is 101 cm³/mol. The van der Waals surface area contributed by atoms with Gasteiger partial charge in [0.1, 0.15) is 16.4 Å². The number of hydrogen-bond acceptors (Lipinski definition) is 8. The zero-order chi connectivity index (χ0) is 20.1. The van der Waals surface area contributed by atoms with Crippen molar-refractivity contribution in [2.45, 2.75) is 24.9 Å². The van der Waals surface area contributed by atoms with Crippen LogP contribution in [0.4, 0.5) is 5.82 Å². The second-order valence-electron chi connectivity index (χ2n) is 5.62. The average Bonchev–Trinajstić information content (AvgIpc) is 2.67. The third kappa shape index (κ3) is 4.11. The van der Waals surface area contributed by atoms with Gasteiger partial charge < -0.3 is 10.5 Å². The highest BCUT2D eigenvalue weighted by Gasteiger charge is 2.23. The van der Waals surface area contributed by atoms with E-state index in [0.29, 0.717) is 11.4 Å². The van der Waals surface area contributed by atoms with Gasteiger partial charge in [0.05, 0.1) is 5.56 Å². The van der Waals surface area contributed by atoms with Crippen molar-refractivity contribution in [3.8, 4) is 0 Å². The molecule has 10 heteroatoms. The van der Waals surface area contributed by atoms with Gasteiger partial charge in [0.25, 0.3) is 5.56 Å². The molecule has 0 fully saturated rings. The number of pyridine rings is 1. The van der Waals surface area contributed by atoms with Crippen molar-refractivity contribution in [3.63, 3.8) is 0 Å². The highest BCUT2D eigenvalue weighted by molar-refractivity contribution is 7.98. The number of ketones is 1. The maximum Gasteiger partial charge on any atom is 0.341 e. The van der Waals surface area contributed by atoms with Gasteiger partial charge in [-0.05, 0) is 24.8 Å². The molecule has 2 N–H and O–H groups in total. The van der Waals surface area contributed by atoms with Crippen LogP contribution in [0.15, 0.2) is 32.9 Å². The number of Topliss-reactive ketones (excluding diaryl/α,β-unsaturated/α-hetero) is 1. The van der Waals surface area contributed by atoms with Crippen LogP contribution in [-0.2, 0) is 18.3 Å². The van der Waals surface area contributed by atoms with Gasteiger partial charge in [-0.2, -0.15) is 0 Å². The zero-order valence-electron chi connectivity index (χ0n) is 15.2. The number of rotatable bonds is 7. The van der Waals surface area contributed by atoms with Crippen molar-refractivity contribution in [1.82, 2.24) is 14.1 Å². The molecule has 0 aliphatic carbocycles. The van der Waals surface area contributed by atoms with Crippen molar-refractivity contribution in [2.24, 2.45) is 7.05 Å². The Hall–Kier alpha value is -2.88. The lowest BCUT2D eigenvalue weighted by molar-refractivity contribution is 0.0470. The summed E-state index contributed by atoms with van der Waals surface area (Å²) in [6.45, 7) is 1.41. The van der Waals surface area contributed by atoms with Crippen molar-refractivity contribution in [3.05, 3.63) is 50.3 Å². The van der Waals surface area contributed by atoms with E-state index in [0.717, 1.165) is 9.13 Å². The number of aromatic nitrogens is 3. The normalized spacial score (nSPS) is 10.6. The van der Waals surface area contributed by atoms with Crippen LogP contribution in [0.2, 0.25) is 0 Å². The number of esters is 1. The molecule has 0 radical (unpaired) electrons. The number of anilines is 1. The molecule has 144 valence electrons. The van der Waals surface area contributed by atoms with Gasteiger partial charge >= 0.3 is 11.7 Å². The van der Waals surface area contributed by atoms with Gasteiger partial charge in [0.2, 0.25) is 5.78 Å². The summed E-state index contributed by atoms with van der Waals surface area (Å²) < 4.78 is 7.00. The highest BCUT2D eigenvalue weighted by atomic mass is 32.2. The summed E-state index contributed by atoms with van der Waals surface area (Å²) in [6.07, 6.45) is 3.88. The van der Waals surface area contributed by atoms with Crippen LogP contribution in [0.3, 0.4) is 0 Å². The molecule has 0 aliphatic rings. The molecule has 27 heavy (non-hydrogen) atoms. The molecule has 0 atom stereocenters. The lowest BCUT2D eigenvalue weighted by Crippen LogP contribution is -2.43. The van der Waals surface area contributed by atoms with Crippen molar-refractivity contribution in [1.29, 1.82) is 0 Å². The fourth-order valence-corrected chi connectivity index (χ4v) is 3.01. The van der Waals surface area contributed by atoms with E-state index in [1.54, 1.807) is 12.3 Å². The van der Waals surface area contributed by atoms with Crippen LogP contribution in [0, 0.1) is 0 Å². The van der Waals surface area contributed by atoms with E-state index in [4.69, 9.17) is 10.5 Å². The van der Waals surface area contributed by atoms with E-state index in [-0.39, 0.29) is 23.5 Å². The van der Waals surface area contributed by atoms with Crippen molar-refractivity contribution >= 4 is 29.3 Å². The van der Waals surface area contributed by atoms with Crippen LogP contribution >= 0.6 is 11.8 Å². The summed E-state index contributed by atoms with van der Waals surface area (Å²) in [5, 5.41) is 0.460. The molecule has 0 amide bonds. The Kier molecular flexibility index (Phi) is 6.56. The number of nitrogen functional groups attached to an aromatic ring is 1. The summed E-state index contributed by atoms with van der Waals surface area (Å²) >= 11 is 1.26. The first kappa shape index (κ1) is 20.4. The van der Waals surface area contributed by atoms with Crippen LogP contribution < -0.4 is 17.0 Å². The number of nitrogens with zero attached hydrogens (tertiary/aromatic N) is 3. The van der Waals surface area contributed by atoms with E-state index >= 15 is 0 Å². The van der Waals surface area contributed by atoms with E-state index < -0.39 is 29.6 Å². The first-order valence-corrected chi connectivity index (χ1v) is 9.34. The van der Waals surface area contributed by atoms with Gasteiger partial charge in [0.15, 0.2) is 6.61 Å². The lowest BCUT2D eigenvalue weighted by Gasteiger charge is -2.14. The molecular weight excluding hydrogens is 372 g/mol. The number of hydrogen-bond donors (Lipinski definition) is 1. The molecule has 2 aromatic rings. The largest absolute Gasteiger partial charge is 0.454 e. The fraction of sp³-hybridized carbons (Fsp3) is 0.353.